The molecule has 2 aromatic carbocycles. The number of halogens is 1. The molecule has 0 amide bonds. The molecule has 5 rings (SSSR count). The Morgan fingerprint density at radius 1 is 1.05 bits per heavy atom. The molecule has 0 aliphatic carbocycles. The highest BCUT2D eigenvalue weighted by Crippen LogP contribution is 2.34. The van der Waals surface area contributed by atoms with Gasteiger partial charge >= 0.3 is 0 Å². The number of likely N-dealkylation sites (N-methyl/N-ethyl adjacent to an activating group) is 1. The van der Waals surface area contributed by atoms with Crippen LogP contribution >= 0.6 is 0 Å². The zero-order chi connectivity index (χ0) is 27.7. The van der Waals surface area contributed by atoms with Crippen molar-refractivity contribution in [2.75, 3.05) is 55.3 Å². The van der Waals surface area contributed by atoms with Crippen LogP contribution in [0.4, 0.5) is 27.4 Å². The van der Waals surface area contributed by atoms with Crippen molar-refractivity contribution in [3.8, 4) is 11.4 Å². The highest BCUT2D eigenvalue weighted by Gasteiger charge is 2.21. The van der Waals surface area contributed by atoms with Gasteiger partial charge in [0.25, 0.3) is 0 Å². The highest BCUT2D eigenvalue weighted by atomic mass is 32.2. The third-order valence-electron chi connectivity index (χ3n) is 6.81. The molecule has 0 bridgehead atoms. The van der Waals surface area contributed by atoms with E-state index in [0.717, 1.165) is 37.3 Å². The Kier molecular flexibility index (Phi) is 7.32. The number of anilines is 4. The van der Waals surface area contributed by atoms with E-state index in [4.69, 9.17) is 4.74 Å². The Hall–Kier alpha value is -3.90. The van der Waals surface area contributed by atoms with E-state index in [1.165, 1.54) is 6.07 Å². The Bertz CT molecular complexity index is 1580. The normalized spacial score (nSPS) is 14.7. The maximum absolute atomic E-state index is 15.2. The van der Waals surface area contributed by atoms with Gasteiger partial charge in [-0.3, -0.25) is 4.72 Å². The summed E-state index contributed by atoms with van der Waals surface area (Å²) in [6.45, 7) is 6.46. The molecular weight excluding hydrogens is 521 g/mol. The fourth-order valence-electron chi connectivity index (χ4n) is 4.38. The number of aromatic nitrogens is 3. The van der Waals surface area contributed by atoms with Gasteiger partial charge in [0.1, 0.15) is 17.2 Å². The second-order valence-electron chi connectivity index (χ2n) is 9.82. The van der Waals surface area contributed by atoms with Gasteiger partial charge in [0.05, 0.1) is 23.7 Å². The number of benzene rings is 2. The lowest BCUT2D eigenvalue weighted by Crippen LogP contribution is -2.44. The monoisotopic (exact) mass is 553 g/mol. The van der Waals surface area contributed by atoms with Crippen LogP contribution in [0.3, 0.4) is 0 Å². The second kappa shape index (κ2) is 10.7. The van der Waals surface area contributed by atoms with Gasteiger partial charge < -0.3 is 24.4 Å². The van der Waals surface area contributed by atoms with Crippen molar-refractivity contribution in [1.82, 2.24) is 19.4 Å². The molecule has 2 aromatic heterocycles. The highest BCUT2D eigenvalue weighted by molar-refractivity contribution is 7.93. The first-order valence-corrected chi connectivity index (χ1v) is 14.2. The average molecular weight is 554 g/mol. The molecule has 3 heterocycles. The van der Waals surface area contributed by atoms with Gasteiger partial charge in [-0.2, -0.15) is 4.98 Å². The first-order valence-electron chi connectivity index (χ1n) is 12.7. The van der Waals surface area contributed by atoms with Crippen molar-refractivity contribution in [2.24, 2.45) is 0 Å². The van der Waals surface area contributed by atoms with E-state index < -0.39 is 15.3 Å². The lowest BCUT2D eigenvalue weighted by Gasteiger charge is -2.34. The maximum atomic E-state index is 15.2. The quantitative estimate of drug-likeness (QED) is 0.334. The third kappa shape index (κ3) is 5.62. The lowest BCUT2D eigenvalue weighted by molar-refractivity contribution is 0.311. The molecule has 0 atom stereocenters. The van der Waals surface area contributed by atoms with Crippen molar-refractivity contribution >= 4 is 44.1 Å². The molecule has 1 fully saturated rings. The van der Waals surface area contributed by atoms with Gasteiger partial charge in [0, 0.05) is 67.5 Å². The molecular formula is C27H32FN7O3S. The molecule has 0 saturated carbocycles. The molecule has 12 heteroatoms. The summed E-state index contributed by atoms with van der Waals surface area (Å²) >= 11 is 0. The van der Waals surface area contributed by atoms with Crippen molar-refractivity contribution in [1.29, 1.82) is 0 Å². The zero-order valence-electron chi connectivity index (χ0n) is 22.3. The van der Waals surface area contributed by atoms with Crippen molar-refractivity contribution in [2.45, 2.75) is 19.1 Å². The van der Waals surface area contributed by atoms with E-state index in [-0.39, 0.29) is 11.8 Å². The minimum atomic E-state index is -3.44. The Morgan fingerprint density at radius 2 is 1.77 bits per heavy atom. The SMILES string of the molecule is COc1cc(N2CCN(C)CC2)c(F)cc1Nc1ncc2ccn(-c3ccc(NS(=O)(=O)C(C)C)cc3)c2n1. The van der Waals surface area contributed by atoms with Gasteiger partial charge in [-0.1, -0.05) is 0 Å². The second-order valence-corrected chi connectivity index (χ2v) is 12.1. The van der Waals surface area contributed by atoms with Gasteiger partial charge in [-0.15, -0.1) is 0 Å². The molecule has 4 aromatic rings. The van der Waals surface area contributed by atoms with Crippen LogP contribution in [0.25, 0.3) is 16.7 Å². The number of methoxy groups -OCH3 is 1. The average Bonchev–Trinajstić information content (AvgIpc) is 3.33. The van der Waals surface area contributed by atoms with Crippen LogP contribution < -0.4 is 19.7 Å². The van der Waals surface area contributed by atoms with Gasteiger partial charge in [-0.25, -0.2) is 17.8 Å². The van der Waals surface area contributed by atoms with Crippen LogP contribution in [0.15, 0.2) is 54.9 Å². The van der Waals surface area contributed by atoms with E-state index in [2.05, 4.69) is 32.0 Å². The molecule has 10 nitrogen and oxygen atoms in total. The number of nitrogens with zero attached hydrogens (tertiary/aromatic N) is 5. The summed E-state index contributed by atoms with van der Waals surface area (Å²) < 4.78 is 49.6. The summed E-state index contributed by atoms with van der Waals surface area (Å²) in [4.78, 5) is 13.3. The van der Waals surface area contributed by atoms with Crippen LogP contribution in [0, 0.1) is 5.82 Å². The van der Waals surface area contributed by atoms with Gasteiger partial charge in [0.15, 0.2) is 0 Å². The molecule has 1 aliphatic heterocycles. The predicted molar refractivity (Wildman–Crippen MR) is 152 cm³/mol. The summed E-state index contributed by atoms with van der Waals surface area (Å²) in [6.07, 6.45) is 3.55. The van der Waals surface area contributed by atoms with E-state index in [9.17, 15) is 8.42 Å². The minimum absolute atomic E-state index is 0.286. The van der Waals surface area contributed by atoms with Crippen molar-refractivity contribution < 1.29 is 17.5 Å². The summed E-state index contributed by atoms with van der Waals surface area (Å²) in [5, 5.41) is 3.38. The van der Waals surface area contributed by atoms with E-state index >= 15 is 4.39 Å². The molecule has 2 N–H and O–H groups in total. The number of hydrogen-bond donors (Lipinski definition) is 2. The summed E-state index contributed by atoms with van der Waals surface area (Å²) in [6, 6.07) is 12.0. The van der Waals surface area contributed by atoms with Crippen molar-refractivity contribution in [3.63, 3.8) is 0 Å². The molecule has 0 unspecified atom stereocenters. The predicted octanol–water partition coefficient (Wildman–Crippen LogP) is 4.21. The third-order valence-corrected chi connectivity index (χ3v) is 8.57. The largest absolute Gasteiger partial charge is 0.494 e. The summed E-state index contributed by atoms with van der Waals surface area (Å²) in [5.74, 6) is 0.429. The fourth-order valence-corrected chi connectivity index (χ4v) is 5.08. The van der Waals surface area contributed by atoms with E-state index in [1.807, 2.05) is 33.9 Å². The number of sulfonamides is 1. The molecule has 1 saturated heterocycles. The zero-order valence-corrected chi connectivity index (χ0v) is 23.2. The molecule has 39 heavy (non-hydrogen) atoms. The summed E-state index contributed by atoms with van der Waals surface area (Å²) in [7, 11) is 0.169. The van der Waals surface area contributed by atoms with E-state index in [0.29, 0.717) is 28.5 Å². The van der Waals surface area contributed by atoms with Crippen LogP contribution in [-0.4, -0.2) is 73.4 Å². The van der Waals surface area contributed by atoms with Gasteiger partial charge in [-0.05, 0) is 51.2 Å². The smallest absolute Gasteiger partial charge is 0.235 e. The minimum Gasteiger partial charge on any atom is -0.494 e. The molecule has 1 aliphatic rings. The Morgan fingerprint density at radius 3 is 2.44 bits per heavy atom. The first-order chi connectivity index (χ1) is 18.6. The number of piperazine rings is 1. The number of hydrogen-bond acceptors (Lipinski definition) is 8. The Balaban J connectivity index is 1.40. The number of fused-ring (bicyclic) bond motifs is 1. The first kappa shape index (κ1) is 26.7. The standard InChI is InChI=1S/C27H32FN7O3S/c1-18(2)39(36,37)32-20-5-7-21(8-6-20)35-10-9-19-17-29-27(31-26(19)35)30-23-15-22(28)24(16-25(23)38-4)34-13-11-33(3)12-14-34/h5-10,15-18,32H,11-14H2,1-4H3,(H,29,30,31). The van der Waals surface area contributed by atoms with Crippen LogP contribution in [0.2, 0.25) is 0 Å². The molecule has 0 radical (unpaired) electrons. The van der Waals surface area contributed by atoms with E-state index in [1.54, 1.807) is 45.4 Å². The lowest BCUT2D eigenvalue weighted by atomic mass is 10.2. The fraction of sp³-hybridized carbons (Fsp3) is 0.333. The number of rotatable bonds is 8. The number of ether oxygens (including phenoxy) is 1. The van der Waals surface area contributed by atoms with Crippen molar-refractivity contribution in [3.05, 3.63) is 60.7 Å². The maximum Gasteiger partial charge on any atom is 0.235 e. The number of nitrogens with one attached hydrogen (secondary N) is 2. The van der Waals surface area contributed by atoms with Crippen LogP contribution in [-0.2, 0) is 10.0 Å². The van der Waals surface area contributed by atoms with Crippen LogP contribution in [0.5, 0.6) is 5.75 Å². The Labute approximate surface area is 227 Å². The van der Waals surface area contributed by atoms with Crippen LogP contribution in [0.1, 0.15) is 13.8 Å². The molecule has 0 spiro atoms. The summed E-state index contributed by atoms with van der Waals surface area (Å²) in [5.41, 5.74) is 2.84. The van der Waals surface area contributed by atoms with Gasteiger partial charge in [0.2, 0.25) is 16.0 Å². The topological polar surface area (TPSA) is 105 Å². The molecule has 206 valence electrons.